The number of benzene rings is 1. The molecule has 0 radical (unpaired) electrons. The highest BCUT2D eigenvalue weighted by molar-refractivity contribution is 7.85. The molecule has 0 bridgehead atoms. The second-order valence-electron chi connectivity index (χ2n) is 4.56. The van der Waals surface area contributed by atoms with Gasteiger partial charge in [-0.05, 0) is 38.6 Å². The topological polar surface area (TPSA) is 29.1 Å². The van der Waals surface area contributed by atoms with Crippen molar-refractivity contribution < 1.29 is 17.4 Å². The summed E-state index contributed by atoms with van der Waals surface area (Å²) >= 11 is 0. The third kappa shape index (κ3) is 4.62. The van der Waals surface area contributed by atoms with E-state index in [2.05, 4.69) is 5.32 Å². The molecule has 0 aliphatic carbocycles. The Labute approximate surface area is 113 Å². The lowest BCUT2D eigenvalue weighted by molar-refractivity contribution is -0.137. The van der Waals surface area contributed by atoms with Crippen molar-refractivity contribution in [2.24, 2.45) is 0 Å². The van der Waals surface area contributed by atoms with Crippen LogP contribution in [0.3, 0.4) is 0 Å². The molecular weight excluding hydrogens is 275 g/mol. The number of nitrogens with one attached hydrogen (secondary N) is 1. The van der Waals surface area contributed by atoms with Crippen LogP contribution in [0, 0.1) is 0 Å². The van der Waals surface area contributed by atoms with Gasteiger partial charge in [0, 0.05) is 16.2 Å². The molecule has 0 aliphatic rings. The van der Waals surface area contributed by atoms with Gasteiger partial charge in [0.1, 0.15) is 0 Å². The highest BCUT2D eigenvalue weighted by Crippen LogP contribution is 2.30. The molecule has 0 saturated carbocycles. The fraction of sp³-hybridized carbons (Fsp3) is 0.538. The van der Waals surface area contributed by atoms with Crippen LogP contribution >= 0.6 is 0 Å². The number of halogens is 3. The third-order valence-corrected chi connectivity index (χ3v) is 4.58. The molecule has 1 rings (SSSR count). The standard InChI is InChI=1S/C13H18F3NOS/c1-9(17-3)7-10(2)19(18)12-6-4-5-11(8-12)13(14,15)16/h4-6,8-10,17H,7H2,1-3H3. The first-order chi connectivity index (χ1) is 8.75. The van der Waals surface area contributed by atoms with E-state index in [0.717, 1.165) is 12.1 Å². The number of hydrogen-bond donors (Lipinski definition) is 1. The van der Waals surface area contributed by atoms with Crippen molar-refractivity contribution in [1.29, 1.82) is 0 Å². The molecule has 108 valence electrons. The van der Waals surface area contributed by atoms with Crippen LogP contribution in [0.1, 0.15) is 25.8 Å². The van der Waals surface area contributed by atoms with Crippen LogP contribution < -0.4 is 5.32 Å². The smallest absolute Gasteiger partial charge is 0.317 e. The predicted octanol–water partition coefficient (Wildman–Crippen LogP) is 3.20. The van der Waals surface area contributed by atoms with Crippen molar-refractivity contribution in [3.8, 4) is 0 Å². The second kappa shape index (κ2) is 6.52. The van der Waals surface area contributed by atoms with Crippen LogP contribution in [0.4, 0.5) is 13.2 Å². The quantitative estimate of drug-likeness (QED) is 0.903. The predicted molar refractivity (Wildman–Crippen MR) is 70.5 cm³/mol. The van der Waals surface area contributed by atoms with Gasteiger partial charge in [-0.15, -0.1) is 0 Å². The molecule has 0 saturated heterocycles. The molecule has 0 heterocycles. The average Bonchev–Trinajstić information content (AvgIpc) is 2.36. The van der Waals surface area contributed by atoms with Gasteiger partial charge in [0.15, 0.2) is 0 Å². The van der Waals surface area contributed by atoms with Crippen LogP contribution in [0.5, 0.6) is 0 Å². The summed E-state index contributed by atoms with van der Waals surface area (Å²) in [7, 11) is 0.361. The lowest BCUT2D eigenvalue weighted by Crippen LogP contribution is -2.27. The fourth-order valence-electron chi connectivity index (χ4n) is 1.73. The van der Waals surface area contributed by atoms with Gasteiger partial charge in [0.2, 0.25) is 0 Å². The van der Waals surface area contributed by atoms with Gasteiger partial charge in [0.25, 0.3) is 0 Å². The van der Waals surface area contributed by atoms with E-state index in [4.69, 9.17) is 0 Å². The summed E-state index contributed by atoms with van der Waals surface area (Å²) < 4.78 is 50.0. The summed E-state index contributed by atoms with van der Waals surface area (Å²) in [5.74, 6) is 0. The minimum absolute atomic E-state index is 0.171. The molecule has 1 N–H and O–H groups in total. The van der Waals surface area contributed by atoms with Crippen LogP contribution in [-0.2, 0) is 17.0 Å². The van der Waals surface area contributed by atoms with E-state index >= 15 is 0 Å². The zero-order valence-corrected chi connectivity index (χ0v) is 11.9. The van der Waals surface area contributed by atoms with Gasteiger partial charge in [-0.1, -0.05) is 13.0 Å². The van der Waals surface area contributed by atoms with Gasteiger partial charge in [0.05, 0.1) is 16.4 Å². The van der Waals surface area contributed by atoms with Crippen molar-refractivity contribution in [1.82, 2.24) is 5.32 Å². The zero-order chi connectivity index (χ0) is 14.6. The van der Waals surface area contributed by atoms with Crippen molar-refractivity contribution in [2.75, 3.05) is 7.05 Å². The maximum Gasteiger partial charge on any atom is 0.416 e. The first-order valence-corrected chi connectivity index (χ1v) is 7.22. The normalized spacial score (nSPS) is 16.9. The van der Waals surface area contributed by atoms with Gasteiger partial charge >= 0.3 is 6.18 Å². The molecule has 19 heavy (non-hydrogen) atoms. The summed E-state index contributed by atoms with van der Waals surface area (Å²) in [5, 5.41) is 2.82. The minimum Gasteiger partial charge on any atom is -0.317 e. The maximum absolute atomic E-state index is 12.6. The van der Waals surface area contributed by atoms with Crippen LogP contribution in [0.25, 0.3) is 0 Å². The Morgan fingerprint density at radius 1 is 1.32 bits per heavy atom. The van der Waals surface area contributed by atoms with E-state index < -0.39 is 22.5 Å². The average molecular weight is 293 g/mol. The van der Waals surface area contributed by atoms with Crippen molar-refractivity contribution in [3.63, 3.8) is 0 Å². The summed E-state index contributed by atoms with van der Waals surface area (Å²) in [4.78, 5) is 0.227. The Hall–Kier alpha value is -0.880. The van der Waals surface area contributed by atoms with E-state index in [1.165, 1.54) is 12.1 Å². The monoisotopic (exact) mass is 293 g/mol. The Morgan fingerprint density at radius 3 is 2.47 bits per heavy atom. The van der Waals surface area contributed by atoms with Gasteiger partial charge in [-0.3, -0.25) is 4.21 Å². The summed E-state index contributed by atoms with van der Waals surface area (Å²) in [5.41, 5.74) is -0.757. The first-order valence-electron chi connectivity index (χ1n) is 6.00. The molecule has 0 spiro atoms. The van der Waals surface area contributed by atoms with E-state index in [-0.39, 0.29) is 16.2 Å². The van der Waals surface area contributed by atoms with E-state index in [1.54, 1.807) is 14.0 Å². The highest BCUT2D eigenvalue weighted by Gasteiger charge is 2.31. The minimum atomic E-state index is -4.40. The Kier molecular flexibility index (Phi) is 5.55. The van der Waals surface area contributed by atoms with Crippen LogP contribution in [0.15, 0.2) is 29.2 Å². The molecule has 0 aliphatic heterocycles. The fourth-order valence-corrected chi connectivity index (χ4v) is 3.12. The Morgan fingerprint density at radius 2 is 1.95 bits per heavy atom. The van der Waals surface area contributed by atoms with Crippen molar-refractivity contribution in [2.45, 2.75) is 42.6 Å². The molecule has 0 amide bonds. The lowest BCUT2D eigenvalue weighted by atomic mass is 10.2. The van der Waals surface area contributed by atoms with Crippen molar-refractivity contribution >= 4 is 10.8 Å². The van der Waals surface area contributed by atoms with Gasteiger partial charge in [-0.2, -0.15) is 13.2 Å². The Balaban J connectivity index is 2.88. The largest absolute Gasteiger partial charge is 0.416 e. The van der Waals surface area contributed by atoms with Crippen LogP contribution in [0.2, 0.25) is 0 Å². The van der Waals surface area contributed by atoms with Gasteiger partial charge < -0.3 is 5.32 Å². The third-order valence-electron chi connectivity index (χ3n) is 2.94. The maximum atomic E-state index is 12.6. The second-order valence-corrected chi connectivity index (χ2v) is 6.43. The van der Waals surface area contributed by atoms with Gasteiger partial charge in [-0.25, -0.2) is 0 Å². The molecule has 0 fully saturated rings. The van der Waals surface area contributed by atoms with E-state index in [1.807, 2.05) is 6.92 Å². The lowest BCUT2D eigenvalue weighted by Gasteiger charge is -2.17. The molecule has 3 atom stereocenters. The molecule has 1 aromatic carbocycles. The van der Waals surface area contributed by atoms with Crippen molar-refractivity contribution in [3.05, 3.63) is 29.8 Å². The summed E-state index contributed by atoms with van der Waals surface area (Å²) in [6.07, 6.45) is -3.76. The van der Waals surface area contributed by atoms with E-state index in [0.29, 0.717) is 6.42 Å². The number of rotatable bonds is 5. The Bertz CT molecular complexity index is 448. The number of alkyl halides is 3. The molecule has 1 aromatic rings. The highest BCUT2D eigenvalue weighted by atomic mass is 32.2. The SMILES string of the molecule is CNC(C)CC(C)S(=O)c1cccc(C(F)(F)F)c1. The first kappa shape index (κ1) is 16.2. The van der Waals surface area contributed by atoms with E-state index in [9.17, 15) is 17.4 Å². The molecule has 3 unspecified atom stereocenters. The zero-order valence-electron chi connectivity index (χ0n) is 11.1. The summed E-state index contributed by atoms with van der Waals surface area (Å²) in [6.45, 7) is 3.73. The molecular formula is C13H18F3NOS. The molecule has 0 aromatic heterocycles. The summed E-state index contributed by atoms with van der Waals surface area (Å²) in [6, 6.07) is 4.90. The molecule has 6 heteroatoms. The number of hydrogen-bond acceptors (Lipinski definition) is 2. The molecule has 2 nitrogen and oxygen atoms in total. The van der Waals surface area contributed by atoms with Crippen LogP contribution in [-0.4, -0.2) is 22.5 Å².